The predicted molar refractivity (Wildman–Crippen MR) is 116 cm³/mol. The van der Waals surface area contributed by atoms with E-state index in [1.165, 1.54) is 11.1 Å². The fourth-order valence-electron chi connectivity index (χ4n) is 3.61. The third kappa shape index (κ3) is 4.68. The number of carbonyl (C=O) groups is 1. The number of hydrazone groups is 1. The predicted octanol–water partition coefficient (Wildman–Crippen LogP) is 5.83. The van der Waals surface area contributed by atoms with E-state index in [2.05, 4.69) is 61.1 Å². The molecule has 3 heteroatoms. The first-order chi connectivity index (χ1) is 13.6. The Morgan fingerprint density at radius 3 is 2.21 bits per heavy atom. The maximum atomic E-state index is 12.3. The molecular formula is C25H28N2O. The molecule has 1 heterocycles. The maximum Gasteiger partial charge on any atom is 0.239 e. The van der Waals surface area contributed by atoms with Gasteiger partial charge >= 0.3 is 0 Å². The molecule has 0 N–H and O–H groups in total. The SMILES string of the molecule is CCC(=C=C(C[C@H]1CC(c2ccccc2)=NN1C(C)=O)c1ccccc1)CC. The van der Waals surface area contributed by atoms with Crippen molar-refractivity contribution in [3.05, 3.63) is 83.1 Å². The fourth-order valence-corrected chi connectivity index (χ4v) is 3.61. The summed E-state index contributed by atoms with van der Waals surface area (Å²) >= 11 is 0. The first-order valence-electron chi connectivity index (χ1n) is 10.1. The van der Waals surface area contributed by atoms with Crippen molar-refractivity contribution in [3.8, 4) is 0 Å². The molecule has 28 heavy (non-hydrogen) atoms. The van der Waals surface area contributed by atoms with Crippen molar-refractivity contribution in [1.29, 1.82) is 0 Å². The smallest absolute Gasteiger partial charge is 0.239 e. The highest BCUT2D eigenvalue weighted by molar-refractivity contribution is 6.03. The summed E-state index contributed by atoms with van der Waals surface area (Å²) < 4.78 is 0. The van der Waals surface area contributed by atoms with E-state index in [-0.39, 0.29) is 11.9 Å². The molecule has 0 bridgehead atoms. The van der Waals surface area contributed by atoms with Crippen molar-refractivity contribution in [2.24, 2.45) is 5.10 Å². The Balaban J connectivity index is 1.94. The van der Waals surface area contributed by atoms with E-state index in [0.717, 1.165) is 42.5 Å². The highest BCUT2D eigenvalue weighted by Crippen LogP contribution is 2.29. The summed E-state index contributed by atoms with van der Waals surface area (Å²) in [6.07, 6.45) is 3.47. The Morgan fingerprint density at radius 1 is 1.04 bits per heavy atom. The van der Waals surface area contributed by atoms with Crippen LogP contribution in [0.1, 0.15) is 57.6 Å². The molecule has 0 unspecified atom stereocenters. The van der Waals surface area contributed by atoms with Gasteiger partial charge in [0.05, 0.1) is 11.8 Å². The molecule has 1 aliphatic rings. The van der Waals surface area contributed by atoms with Gasteiger partial charge in [-0.15, -0.1) is 5.73 Å². The largest absolute Gasteiger partial charge is 0.273 e. The molecule has 2 aromatic carbocycles. The zero-order chi connectivity index (χ0) is 19.9. The van der Waals surface area contributed by atoms with Gasteiger partial charge in [0.1, 0.15) is 0 Å². The molecule has 0 aliphatic carbocycles. The summed E-state index contributed by atoms with van der Waals surface area (Å²) in [6, 6.07) is 20.5. The van der Waals surface area contributed by atoms with Crippen LogP contribution < -0.4 is 0 Å². The average Bonchev–Trinajstić information content (AvgIpc) is 3.16. The van der Waals surface area contributed by atoms with Crippen LogP contribution in [0.15, 0.2) is 77.1 Å². The highest BCUT2D eigenvalue weighted by Gasteiger charge is 2.30. The van der Waals surface area contributed by atoms with Crippen molar-refractivity contribution in [2.45, 2.75) is 52.5 Å². The fraction of sp³-hybridized carbons (Fsp3) is 0.320. The van der Waals surface area contributed by atoms with Gasteiger partial charge in [0.2, 0.25) is 5.91 Å². The monoisotopic (exact) mass is 372 g/mol. The minimum absolute atomic E-state index is 0.0153. The third-order valence-electron chi connectivity index (χ3n) is 5.18. The molecule has 1 amide bonds. The van der Waals surface area contributed by atoms with E-state index in [4.69, 9.17) is 0 Å². The van der Waals surface area contributed by atoms with E-state index < -0.39 is 0 Å². The molecule has 0 spiro atoms. The van der Waals surface area contributed by atoms with E-state index in [1.54, 1.807) is 11.9 Å². The minimum atomic E-state index is -0.0153. The molecule has 1 atom stereocenters. The Bertz CT molecular complexity index is 900. The number of hydrogen-bond donors (Lipinski definition) is 0. The second-order valence-electron chi connectivity index (χ2n) is 7.12. The first kappa shape index (κ1) is 19.9. The average molecular weight is 373 g/mol. The second kappa shape index (κ2) is 9.34. The molecule has 0 saturated heterocycles. The second-order valence-corrected chi connectivity index (χ2v) is 7.12. The zero-order valence-corrected chi connectivity index (χ0v) is 17.0. The van der Waals surface area contributed by atoms with E-state index in [9.17, 15) is 4.79 Å². The van der Waals surface area contributed by atoms with Gasteiger partial charge in [-0.05, 0) is 29.5 Å². The van der Waals surface area contributed by atoms with Gasteiger partial charge in [-0.2, -0.15) is 5.10 Å². The van der Waals surface area contributed by atoms with Crippen molar-refractivity contribution >= 4 is 17.2 Å². The standard InChI is InChI=1S/C25H28N2O/c1-4-20(5-2)16-23(21-12-8-6-9-13-21)17-24-18-25(26-27(24)19(3)28)22-14-10-7-11-15-22/h6-15,24H,4-5,17-18H2,1-3H3/t24-/m0/s1. The summed E-state index contributed by atoms with van der Waals surface area (Å²) in [5.41, 5.74) is 9.33. The molecule has 0 fully saturated rings. The van der Waals surface area contributed by atoms with Crippen LogP contribution in [0.4, 0.5) is 0 Å². The number of amides is 1. The quantitative estimate of drug-likeness (QED) is 0.587. The Kier molecular flexibility index (Phi) is 6.62. The Morgan fingerprint density at radius 2 is 1.64 bits per heavy atom. The summed E-state index contributed by atoms with van der Waals surface area (Å²) in [4.78, 5) is 12.3. The van der Waals surface area contributed by atoms with Gasteiger partial charge in [-0.1, -0.05) is 74.5 Å². The van der Waals surface area contributed by atoms with Gasteiger partial charge in [0.15, 0.2) is 0 Å². The van der Waals surface area contributed by atoms with Crippen LogP contribution in [0.2, 0.25) is 0 Å². The highest BCUT2D eigenvalue weighted by atomic mass is 16.2. The van der Waals surface area contributed by atoms with Crippen LogP contribution in [0.3, 0.4) is 0 Å². The topological polar surface area (TPSA) is 32.7 Å². The lowest BCUT2D eigenvalue weighted by atomic mass is 9.94. The van der Waals surface area contributed by atoms with Crippen LogP contribution in [-0.4, -0.2) is 22.7 Å². The number of hydrogen-bond acceptors (Lipinski definition) is 2. The van der Waals surface area contributed by atoms with Gasteiger partial charge in [-0.3, -0.25) is 4.79 Å². The van der Waals surface area contributed by atoms with Crippen molar-refractivity contribution in [2.75, 3.05) is 0 Å². The Labute approximate surface area is 168 Å². The van der Waals surface area contributed by atoms with E-state index in [0.29, 0.717) is 0 Å². The third-order valence-corrected chi connectivity index (χ3v) is 5.18. The first-order valence-corrected chi connectivity index (χ1v) is 10.1. The van der Waals surface area contributed by atoms with Gasteiger partial charge in [0.25, 0.3) is 0 Å². The lowest BCUT2D eigenvalue weighted by Crippen LogP contribution is -2.31. The van der Waals surface area contributed by atoms with Gasteiger partial charge < -0.3 is 0 Å². The molecule has 144 valence electrons. The molecule has 0 radical (unpaired) electrons. The number of benzene rings is 2. The Hall–Kier alpha value is -2.90. The summed E-state index contributed by atoms with van der Waals surface area (Å²) in [7, 11) is 0. The lowest BCUT2D eigenvalue weighted by Gasteiger charge is -2.21. The molecule has 2 aromatic rings. The summed E-state index contributed by atoms with van der Waals surface area (Å²) in [6.45, 7) is 5.93. The molecule has 3 nitrogen and oxygen atoms in total. The molecule has 3 rings (SSSR count). The lowest BCUT2D eigenvalue weighted by molar-refractivity contribution is -0.130. The van der Waals surface area contributed by atoms with Crippen molar-refractivity contribution in [1.82, 2.24) is 5.01 Å². The van der Waals surface area contributed by atoms with Gasteiger partial charge in [-0.25, -0.2) is 5.01 Å². The normalized spacial score (nSPS) is 15.8. The number of nitrogens with zero attached hydrogens (tertiary/aromatic N) is 2. The molecule has 0 saturated carbocycles. The van der Waals surface area contributed by atoms with E-state index in [1.807, 2.05) is 24.3 Å². The van der Waals surface area contributed by atoms with Crippen molar-refractivity contribution < 1.29 is 4.79 Å². The number of carbonyl (C=O) groups excluding carboxylic acids is 1. The molecular weight excluding hydrogens is 344 g/mol. The van der Waals surface area contributed by atoms with Gasteiger partial charge in [0, 0.05) is 25.3 Å². The minimum Gasteiger partial charge on any atom is -0.273 e. The van der Waals surface area contributed by atoms with Crippen LogP contribution in [0.5, 0.6) is 0 Å². The van der Waals surface area contributed by atoms with Crippen LogP contribution in [-0.2, 0) is 4.79 Å². The summed E-state index contributed by atoms with van der Waals surface area (Å²) in [5.74, 6) is -0.0153. The molecule has 1 aliphatic heterocycles. The zero-order valence-electron chi connectivity index (χ0n) is 17.0. The van der Waals surface area contributed by atoms with Crippen LogP contribution >= 0.6 is 0 Å². The molecule has 0 aromatic heterocycles. The van der Waals surface area contributed by atoms with E-state index >= 15 is 0 Å². The number of rotatable bonds is 6. The summed E-state index contributed by atoms with van der Waals surface area (Å²) in [5, 5.41) is 6.32. The maximum absolute atomic E-state index is 12.3. The van der Waals surface area contributed by atoms with Crippen molar-refractivity contribution in [3.63, 3.8) is 0 Å². The van der Waals surface area contributed by atoms with Crippen LogP contribution in [0, 0.1) is 0 Å². The van der Waals surface area contributed by atoms with Crippen LogP contribution in [0.25, 0.3) is 5.57 Å².